The van der Waals surface area contributed by atoms with Gasteiger partial charge in [-0.2, -0.15) is 0 Å². The molecule has 0 aromatic heterocycles. The number of rotatable bonds is 12. The first-order chi connectivity index (χ1) is 11.9. The van der Waals surface area contributed by atoms with Crippen LogP contribution < -0.4 is 0 Å². The lowest BCUT2D eigenvalue weighted by molar-refractivity contribution is -0.811. The summed E-state index contributed by atoms with van der Waals surface area (Å²) in [6, 6.07) is 7.46. The van der Waals surface area contributed by atoms with E-state index in [1.807, 2.05) is 0 Å². The van der Waals surface area contributed by atoms with Crippen molar-refractivity contribution in [2.75, 3.05) is 19.8 Å². The number of nitro groups is 2. The van der Waals surface area contributed by atoms with Gasteiger partial charge in [0.15, 0.2) is 0 Å². The molecule has 0 saturated heterocycles. The van der Waals surface area contributed by atoms with Crippen LogP contribution in [0.5, 0.6) is 0 Å². The quantitative estimate of drug-likeness (QED) is 0.240. The summed E-state index contributed by atoms with van der Waals surface area (Å²) in [5.74, 6) is 0. The first-order valence-corrected chi connectivity index (χ1v) is 10.1. The molecular weight excluding hydrogens is 348 g/mol. The Bertz CT molecular complexity index is 539. The van der Waals surface area contributed by atoms with Crippen molar-refractivity contribution >= 4 is 8.80 Å². The molecule has 0 aliphatic rings. The van der Waals surface area contributed by atoms with E-state index in [1.54, 1.807) is 26.8 Å². The van der Waals surface area contributed by atoms with Crippen molar-refractivity contribution in [3.05, 3.63) is 56.1 Å². The second-order valence-electron chi connectivity index (χ2n) is 5.18. The van der Waals surface area contributed by atoms with Crippen LogP contribution in [-0.4, -0.2) is 38.5 Å². The first-order valence-electron chi connectivity index (χ1n) is 8.15. The summed E-state index contributed by atoms with van der Waals surface area (Å²) in [5.41, 5.74) is -2.46. The van der Waals surface area contributed by atoms with Gasteiger partial charge in [-0.05, 0) is 32.9 Å². The lowest BCUT2D eigenvalue weighted by Gasteiger charge is -2.29. The van der Waals surface area contributed by atoms with Gasteiger partial charge in [-0.25, -0.2) is 0 Å². The normalized spacial score (nSPS) is 12.1. The standard InChI is InChI=1S/C15H24N2O7Si/c1-4-22-25(23-5-2,24-6-3)13-12-15(16(18)19,17(20)21)14-10-8-7-9-11-14/h7-11H,4-6,12-13H2,1-3H3. The maximum Gasteiger partial charge on any atom is 0.501 e. The summed E-state index contributed by atoms with van der Waals surface area (Å²) in [6.45, 7) is 6.15. The molecule has 25 heavy (non-hydrogen) atoms. The zero-order chi connectivity index (χ0) is 18.9. The summed E-state index contributed by atoms with van der Waals surface area (Å²) in [4.78, 5) is 21.7. The molecular formula is C15H24N2O7Si. The Hall–Kier alpha value is -1.88. The van der Waals surface area contributed by atoms with E-state index in [2.05, 4.69) is 0 Å². The Morgan fingerprint density at radius 2 is 1.36 bits per heavy atom. The molecule has 0 spiro atoms. The monoisotopic (exact) mass is 372 g/mol. The van der Waals surface area contributed by atoms with Gasteiger partial charge in [-0.1, -0.05) is 18.2 Å². The smallest absolute Gasteiger partial charge is 0.374 e. The van der Waals surface area contributed by atoms with E-state index in [4.69, 9.17) is 13.3 Å². The predicted octanol–water partition coefficient (Wildman–Crippen LogP) is 2.83. The number of nitrogens with zero attached hydrogens (tertiary/aromatic N) is 2. The van der Waals surface area contributed by atoms with Gasteiger partial charge in [-0.15, -0.1) is 0 Å². The lowest BCUT2D eigenvalue weighted by atomic mass is 9.98. The van der Waals surface area contributed by atoms with Gasteiger partial charge < -0.3 is 13.3 Å². The van der Waals surface area contributed by atoms with Crippen molar-refractivity contribution in [3.8, 4) is 0 Å². The van der Waals surface area contributed by atoms with Crippen LogP contribution in [0, 0.1) is 20.2 Å². The highest BCUT2D eigenvalue weighted by atomic mass is 28.4. The van der Waals surface area contributed by atoms with E-state index in [0.29, 0.717) is 19.8 Å². The van der Waals surface area contributed by atoms with Gasteiger partial charge >= 0.3 is 14.5 Å². The van der Waals surface area contributed by atoms with Gasteiger partial charge in [0.05, 0.1) is 6.42 Å². The predicted molar refractivity (Wildman–Crippen MR) is 92.2 cm³/mol. The van der Waals surface area contributed by atoms with E-state index in [1.165, 1.54) is 24.3 Å². The summed E-state index contributed by atoms with van der Waals surface area (Å²) < 4.78 is 17.0. The van der Waals surface area contributed by atoms with Crippen LogP contribution in [-0.2, 0) is 18.9 Å². The first kappa shape index (κ1) is 21.2. The zero-order valence-corrected chi connectivity index (χ0v) is 15.7. The molecule has 0 unspecified atom stereocenters. The second kappa shape index (κ2) is 9.56. The minimum Gasteiger partial charge on any atom is -0.374 e. The van der Waals surface area contributed by atoms with Crippen molar-refractivity contribution in [2.45, 2.75) is 38.9 Å². The minimum atomic E-state index is -3.24. The molecule has 0 atom stereocenters. The van der Waals surface area contributed by atoms with Crippen molar-refractivity contribution < 1.29 is 23.1 Å². The van der Waals surface area contributed by atoms with Crippen LogP contribution in [0.2, 0.25) is 6.04 Å². The van der Waals surface area contributed by atoms with Crippen LogP contribution in [0.25, 0.3) is 0 Å². The molecule has 1 aromatic carbocycles. The largest absolute Gasteiger partial charge is 0.501 e. The molecule has 0 amide bonds. The fourth-order valence-corrected chi connectivity index (χ4v) is 5.30. The van der Waals surface area contributed by atoms with E-state index in [0.717, 1.165) is 0 Å². The highest BCUT2D eigenvalue weighted by molar-refractivity contribution is 6.60. The highest BCUT2D eigenvalue weighted by Crippen LogP contribution is 2.34. The molecule has 0 bridgehead atoms. The minimum absolute atomic E-state index is 0.0115. The van der Waals surface area contributed by atoms with E-state index in [9.17, 15) is 20.2 Å². The van der Waals surface area contributed by atoms with Crippen LogP contribution in [0.1, 0.15) is 32.8 Å². The van der Waals surface area contributed by atoms with Crippen LogP contribution >= 0.6 is 0 Å². The fraction of sp³-hybridized carbons (Fsp3) is 0.600. The van der Waals surface area contributed by atoms with Crippen molar-refractivity contribution in [2.24, 2.45) is 0 Å². The summed E-state index contributed by atoms with van der Waals surface area (Å²) in [6.07, 6.45) is -0.386. The number of hydrogen-bond donors (Lipinski definition) is 0. The zero-order valence-electron chi connectivity index (χ0n) is 14.7. The van der Waals surface area contributed by atoms with Crippen molar-refractivity contribution in [1.82, 2.24) is 0 Å². The van der Waals surface area contributed by atoms with E-state index >= 15 is 0 Å². The molecule has 10 heteroatoms. The van der Waals surface area contributed by atoms with E-state index < -0.39 is 24.3 Å². The molecule has 1 rings (SSSR count). The Balaban J connectivity index is 3.24. The molecule has 1 aromatic rings. The molecule has 0 radical (unpaired) electrons. The van der Waals surface area contributed by atoms with Gasteiger partial charge in [0.2, 0.25) is 0 Å². The third kappa shape index (κ3) is 4.81. The summed E-state index contributed by atoms with van der Waals surface area (Å²) in [5, 5.41) is 23.4. The molecule has 0 aliphatic carbocycles. The van der Waals surface area contributed by atoms with Gasteiger partial charge in [0.25, 0.3) is 0 Å². The Labute approximate surface area is 147 Å². The average Bonchev–Trinajstić information content (AvgIpc) is 2.56. The molecule has 0 heterocycles. The van der Waals surface area contributed by atoms with Crippen molar-refractivity contribution in [3.63, 3.8) is 0 Å². The maximum absolute atomic E-state index is 11.7. The SMILES string of the molecule is CCO[Si](CCC(c1ccccc1)([N+](=O)[O-])[N+](=O)[O-])(OCC)OCC. The Kier molecular flexibility index (Phi) is 8.09. The third-order valence-corrected chi connectivity index (χ3v) is 6.76. The van der Waals surface area contributed by atoms with Gasteiger partial charge in [0, 0.05) is 25.9 Å². The van der Waals surface area contributed by atoms with E-state index in [-0.39, 0.29) is 18.0 Å². The summed E-state index contributed by atoms with van der Waals surface area (Å²) in [7, 11) is -3.24. The van der Waals surface area contributed by atoms with Crippen LogP contribution in [0.3, 0.4) is 0 Å². The molecule has 0 saturated carbocycles. The van der Waals surface area contributed by atoms with Gasteiger partial charge in [-0.3, -0.25) is 20.2 Å². The average molecular weight is 372 g/mol. The molecule has 0 fully saturated rings. The number of benzene rings is 1. The maximum atomic E-state index is 11.7. The lowest BCUT2D eigenvalue weighted by Crippen LogP contribution is -2.50. The second-order valence-corrected chi connectivity index (χ2v) is 7.91. The topological polar surface area (TPSA) is 114 Å². The Morgan fingerprint density at radius 1 is 0.920 bits per heavy atom. The molecule has 0 N–H and O–H groups in total. The molecule has 140 valence electrons. The Morgan fingerprint density at radius 3 is 1.72 bits per heavy atom. The molecule has 9 nitrogen and oxygen atoms in total. The number of hydrogen-bond acceptors (Lipinski definition) is 7. The van der Waals surface area contributed by atoms with Crippen LogP contribution in [0.4, 0.5) is 0 Å². The van der Waals surface area contributed by atoms with Crippen molar-refractivity contribution in [1.29, 1.82) is 0 Å². The fourth-order valence-electron chi connectivity index (χ4n) is 2.64. The van der Waals surface area contributed by atoms with Gasteiger partial charge in [0.1, 0.15) is 15.4 Å². The van der Waals surface area contributed by atoms with Crippen LogP contribution in [0.15, 0.2) is 30.3 Å². The third-order valence-electron chi connectivity index (χ3n) is 3.71. The summed E-state index contributed by atoms with van der Waals surface area (Å²) >= 11 is 0. The molecule has 0 aliphatic heterocycles. The highest BCUT2D eigenvalue weighted by Gasteiger charge is 2.60.